The molecule has 0 spiro atoms. The zero-order chi connectivity index (χ0) is 20.9. The predicted molar refractivity (Wildman–Crippen MR) is 125 cm³/mol. The number of carbonyl (C=O) groups is 2. The van der Waals surface area contributed by atoms with Crippen molar-refractivity contribution in [3.63, 3.8) is 0 Å². The summed E-state index contributed by atoms with van der Waals surface area (Å²) in [6, 6.07) is 13.0. The van der Waals surface area contributed by atoms with Gasteiger partial charge >= 0.3 is 0 Å². The minimum absolute atomic E-state index is 0. The van der Waals surface area contributed by atoms with Crippen LogP contribution in [-0.2, 0) is 4.79 Å². The molecule has 4 rings (SSSR count). The fourth-order valence-electron chi connectivity index (χ4n) is 4.06. The number of nitrogens with one attached hydrogen (secondary N) is 2. The van der Waals surface area contributed by atoms with Gasteiger partial charge in [-0.15, -0.1) is 12.4 Å². The molecule has 0 bridgehead atoms. The number of amides is 2. The Bertz CT molecular complexity index is 932. The SMILES string of the molecule is Cl.O=C1CC(CCCOc2ccccc2Cl)c2cc(C(=O)N3CCNCC3)ccc2N1. The third-order valence-corrected chi connectivity index (χ3v) is 5.95. The first-order valence-corrected chi connectivity index (χ1v) is 10.8. The van der Waals surface area contributed by atoms with Crippen molar-refractivity contribution in [2.24, 2.45) is 0 Å². The molecule has 1 saturated heterocycles. The molecular weight excluding hydrogens is 437 g/mol. The highest BCUT2D eigenvalue weighted by molar-refractivity contribution is 6.32. The van der Waals surface area contributed by atoms with Gasteiger partial charge in [-0.3, -0.25) is 9.59 Å². The molecule has 2 aromatic carbocycles. The van der Waals surface area contributed by atoms with Gasteiger partial charge in [-0.2, -0.15) is 0 Å². The molecule has 2 N–H and O–H groups in total. The fraction of sp³-hybridized carbons (Fsp3) is 0.391. The first kappa shape index (κ1) is 23.4. The molecule has 2 heterocycles. The molecule has 31 heavy (non-hydrogen) atoms. The number of nitrogens with zero attached hydrogens (tertiary/aromatic N) is 1. The maximum Gasteiger partial charge on any atom is 0.253 e. The van der Waals surface area contributed by atoms with Crippen LogP contribution >= 0.6 is 24.0 Å². The highest BCUT2D eigenvalue weighted by Gasteiger charge is 2.27. The Kier molecular flexibility index (Phi) is 8.18. The topological polar surface area (TPSA) is 70.7 Å². The van der Waals surface area contributed by atoms with Gasteiger partial charge in [-0.25, -0.2) is 0 Å². The number of benzene rings is 2. The Morgan fingerprint density at radius 2 is 1.94 bits per heavy atom. The Morgan fingerprint density at radius 1 is 1.16 bits per heavy atom. The smallest absolute Gasteiger partial charge is 0.253 e. The molecule has 0 aliphatic carbocycles. The Hall–Kier alpha value is -2.28. The van der Waals surface area contributed by atoms with E-state index in [1.54, 1.807) is 6.07 Å². The molecule has 2 amide bonds. The van der Waals surface area contributed by atoms with Gasteiger partial charge in [-0.1, -0.05) is 23.7 Å². The van der Waals surface area contributed by atoms with E-state index in [1.165, 1.54) is 0 Å². The largest absolute Gasteiger partial charge is 0.492 e. The maximum atomic E-state index is 12.9. The number of fused-ring (bicyclic) bond motifs is 1. The Balaban J connectivity index is 0.00000272. The van der Waals surface area contributed by atoms with Crippen molar-refractivity contribution in [2.45, 2.75) is 25.2 Å². The first-order chi connectivity index (χ1) is 14.6. The number of anilines is 1. The van der Waals surface area contributed by atoms with Gasteiger partial charge in [0.05, 0.1) is 11.6 Å². The molecule has 0 radical (unpaired) electrons. The van der Waals surface area contributed by atoms with Crippen LogP contribution in [0.3, 0.4) is 0 Å². The molecule has 166 valence electrons. The molecular formula is C23H27Cl2N3O3. The zero-order valence-corrected chi connectivity index (χ0v) is 18.8. The summed E-state index contributed by atoms with van der Waals surface area (Å²) < 4.78 is 5.78. The number of hydrogen-bond acceptors (Lipinski definition) is 4. The van der Waals surface area contributed by atoms with Gasteiger partial charge in [0.25, 0.3) is 5.91 Å². The van der Waals surface area contributed by atoms with Crippen LogP contribution in [0.15, 0.2) is 42.5 Å². The standard InChI is InChI=1S/C23H26ClN3O3.ClH/c24-19-5-1-2-6-21(19)30-13-3-4-16-15-22(28)26-20-8-7-17(14-18(16)20)23(29)27-11-9-25-10-12-27;/h1-2,5-8,14,16,25H,3-4,9-13,15H2,(H,26,28);1H. The summed E-state index contributed by atoms with van der Waals surface area (Å²) in [6.07, 6.45) is 2.01. The van der Waals surface area contributed by atoms with Crippen LogP contribution in [-0.4, -0.2) is 49.5 Å². The van der Waals surface area contributed by atoms with Crippen LogP contribution in [0.4, 0.5) is 5.69 Å². The molecule has 8 heteroatoms. The van der Waals surface area contributed by atoms with E-state index in [-0.39, 0.29) is 30.1 Å². The minimum atomic E-state index is 0. The number of piperazine rings is 1. The average molecular weight is 464 g/mol. The highest BCUT2D eigenvalue weighted by atomic mass is 35.5. The average Bonchev–Trinajstić information content (AvgIpc) is 2.77. The van der Waals surface area contributed by atoms with Crippen molar-refractivity contribution in [2.75, 3.05) is 38.1 Å². The van der Waals surface area contributed by atoms with Crippen LogP contribution in [0.25, 0.3) is 0 Å². The lowest BCUT2D eigenvalue weighted by atomic mass is 9.86. The van der Waals surface area contributed by atoms with E-state index in [2.05, 4.69) is 10.6 Å². The number of hydrogen-bond donors (Lipinski definition) is 2. The minimum Gasteiger partial charge on any atom is -0.492 e. The van der Waals surface area contributed by atoms with Crippen molar-refractivity contribution in [1.82, 2.24) is 10.2 Å². The van der Waals surface area contributed by atoms with Crippen molar-refractivity contribution in [3.8, 4) is 5.75 Å². The van der Waals surface area contributed by atoms with Gasteiger partial charge in [0.1, 0.15) is 5.75 Å². The predicted octanol–water partition coefficient (Wildman–Crippen LogP) is 4.09. The number of para-hydroxylation sites is 1. The van der Waals surface area contributed by atoms with Gasteiger partial charge in [0.15, 0.2) is 0 Å². The van der Waals surface area contributed by atoms with Crippen LogP contribution < -0.4 is 15.4 Å². The zero-order valence-electron chi connectivity index (χ0n) is 17.2. The number of halogens is 2. The van der Waals surface area contributed by atoms with E-state index in [9.17, 15) is 9.59 Å². The summed E-state index contributed by atoms with van der Waals surface area (Å²) >= 11 is 6.13. The lowest BCUT2D eigenvalue weighted by Gasteiger charge is -2.29. The number of carbonyl (C=O) groups excluding carboxylic acids is 2. The van der Waals surface area contributed by atoms with Gasteiger partial charge < -0.3 is 20.3 Å². The van der Waals surface area contributed by atoms with E-state index >= 15 is 0 Å². The summed E-state index contributed by atoms with van der Waals surface area (Å²) in [4.78, 5) is 26.9. The first-order valence-electron chi connectivity index (χ1n) is 10.4. The van der Waals surface area contributed by atoms with E-state index < -0.39 is 0 Å². The molecule has 1 fully saturated rings. The van der Waals surface area contributed by atoms with Crippen LogP contribution in [0.5, 0.6) is 5.75 Å². The van der Waals surface area contributed by atoms with Crippen molar-refractivity contribution in [3.05, 3.63) is 58.6 Å². The third-order valence-electron chi connectivity index (χ3n) is 5.64. The third kappa shape index (κ3) is 5.70. The van der Waals surface area contributed by atoms with Crippen molar-refractivity contribution >= 4 is 41.5 Å². The lowest BCUT2D eigenvalue weighted by molar-refractivity contribution is -0.116. The lowest BCUT2D eigenvalue weighted by Crippen LogP contribution is -2.46. The molecule has 2 aliphatic heterocycles. The Labute approximate surface area is 193 Å². The monoisotopic (exact) mass is 463 g/mol. The summed E-state index contributed by atoms with van der Waals surface area (Å²) in [5.74, 6) is 0.807. The molecule has 6 nitrogen and oxygen atoms in total. The molecule has 1 unspecified atom stereocenters. The second kappa shape index (κ2) is 10.8. The molecule has 2 aliphatic rings. The summed E-state index contributed by atoms with van der Waals surface area (Å²) in [5.41, 5.74) is 2.53. The van der Waals surface area contributed by atoms with E-state index in [1.807, 2.05) is 41.3 Å². The summed E-state index contributed by atoms with van der Waals surface area (Å²) in [7, 11) is 0. The second-order valence-corrected chi connectivity index (χ2v) is 8.12. The normalized spacial score (nSPS) is 17.9. The van der Waals surface area contributed by atoms with Crippen molar-refractivity contribution in [1.29, 1.82) is 0 Å². The molecule has 1 atom stereocenters. The highest BCUT2D eigenvalue weighted by Crippen LogP contribution is 2.36. The second-order valence-electron chi connectivity index (χ2n) is 7.71. The number of ether oxygens (including phenoxy) is 1. The van der Waals surface area contributed by atoms with Gasteiger partial charge in [-0.05, 0) is 54.7 Å². The van der Waals surface area contributed by atoms with Crippen LogP contribution in [0.1, 0.15) is 41.1 Å². The molecule has 0 aromatic heterocycles. The maximum absolute atomic E-state index is 12.9. The van der Waals surface area contributed by atoms with E-state index in [4.69, 9.17) is 16.3 Å². The van der Waals surface area contributed by atoms with Crippen molar-refractivity contribution < 1.29 is 14.3 Å². The van der Waals surface area contributed by atoms with Gasteiger partial charge in [0, 0.05) is 43.9 Å². The van der Waals surface area contributed by atoms with Gasteiger partial charge in [0.2, 0.25) is 5.91 Å². The molecule has 0 saturated carbocycles. The fourth-order valence-corrected chi connectivity index (χ4v) is 4.25. The van der Waals surface area contributed by atoms with E-state index in [0.717, 1.165) is 50.3 Å². The summed E-state index contributed by atoms with van der Waals surface area (Å²) in [6.45, 7) is 3.60. The molecule has 2 aromatic rings. The summed E-state index contributed by atoms with van der Waals surface area (Å²) in [5, 5.41) is 6.80. The Morgan fingerprint density at radius 3 is 2.71 bits per heavy atom. The number of rotatable bonds is 6. The van der Waals surface area contributed by atoms with E-state index in [0.29, 0.717) is 29.4 Å². The van der Waals surface area contributed by atoms with Crippen LogP contribution in [0.2, 0.25) is 5.02 Å². The van der Waals surface area contributed by atoms with Crippen LogP contribution in [0, 0.1) is 0 Å². The quantitative estimate of drug-likeness (QED) is 0.632.